The van der Waals surface area contributed by atoms with Crippen molar-refractivity contribution in [2.24, 2.45) is 0 Å². The molecule has 4 heteroatoms. The molecule has 0 spiro atoms. The molecule has 0 bridgehead atoms. The zero-order chi connectivity index (χ0) is 16.4. The average Bonchev–Trinajstić information content (AvgIpc) is 2.61. The van der Waals surface area contributed by atoms with Crippen molar-refractivity contribution in [2.45, 2.75) is 35.7 Å². The summed E-state index contributed by atoms with van der Waals surface area (Å²) in [6.45, 7) is 0.696. The highest BCUT2D eigenvalue weighted by Gasteiger charge is 2.39. The number of hydrogen-bond acceptors (Lipinski definition) is 3. The van der Waals surface area contributed by atoms with E-state index in [0.717, 1.165) is 23.5 Å². The van der Waals surface area contributed by atoms with Gasteiger partial charge in [0.2, 0.25) is 0 Å². The van der Waals surface area contributed by atoms with Crippen LogP contribution < -0.4 is 10.1 Å². The van der Waals surface area contributed by atoms with Crippen molar-refractivity contribution < 1.29 is 9.53 Å². The van der Waals surface area contributed by atoms with E-state index >= 15 is 0 Å². The van der Waals surface area contributed by atoms with Crippen molar-refractivity contribution in [3.05, 3.63) is 60.2 Å². The van der Waals surface area contributed by atoms with E-state index in [1.54, 1.807) is 11.8 Å². The molecule has 1 fully saturated rings. The third-order valence-electron chi connectivity index (χ3n) is 5.10. The number of rotatable bonds is 4. The maximum absolute atomic E-state index is 12.6. The predicted molar refractivity (Wildman–Crippen MR) is 96.6 cm³/mol. The molecule has 1 aliphatic carbocycles. The summed E-state index contributed by atoms with van der Waals surface area (Å²) in [7, 11) is 0. The molecule has 24 heavy (non-hydrogen) atoms. The van der Waals surface area contributed by atoms with Crippen molar-refractivity contribution in [1.82, 2.24) is 5.32 Å². The first-order chi connectivity index (χ1) is 11.8. The zero-order valence-electron chi connectivity index (χ0n) is 13.5. The van der Waals surface area contributed by atoms with Crippen molar-refractivity contribution in [3.63, 3.8) is 0 Å². The molecule has 1 N–H and O–H groups in total. The molecule has 1 heterocycles. The van der Waals surface area contributed by atoms with E-state index in [9.17, 15) is 4.79 Å². The van der Waals surface area contributed by atoms with Crippen LogP contribution in [-0.4, -0.2) is 24.3 Å². The number of hydrogen-bond donors (Lipinski definition) is 1. The second-order valence-electron chi connectivity index (χ2n) is 6.58. The van der Waals surface area contributed by atoms with Gasteiger partial charge in [-0.3, -0.25) is 4.79 Å². The van der Waals surface area contributed by atoms with Crippen LogP contribution in [0.5, 0.6) is 5.75 Å². The van der Waals surface area contributed by atoms with Gasteiger partial charge in [0, 0.05) is 22.6 Å². The van der Waals surface area contributed by atoms with Gasteiger partial charge in [-0.05, 0) is 30.5 Å². The van der Waals surface area contributed by atoms with Gasteiger partial charge >= 0.3 is 0 Å². The smallest absolute Gasteiger partial charge is 0.261 e. The molecule has 1 saturated carbocycles. The molecule has 0 aromatic heterocycles. The van der Waals surface area contributed by atoms with Gasteiger partial charge in [-0.25, -0.2) is 0 Å². The third kappa shape index (κ3) is 2.91. The Morgan fingerprint density at radius 2 is 1.88 bits per heavy atom. The molecule has 1 amide bonds. The number of thioether (sulfide) groups is 1. The number of benzene rings is 2. The van der Waals surface area contributed by atoms with E-state index in [1.165, 1.54) is 12.0 Å². The van der Waals surface area contributed by atoms with E-state index in [0.29, 0.717) is 12.3 Å². The van der Waals surface area contributed by atoms with Gasteiger partial charge < -0.3 is 10.1 Å². The van der Waals surface area contributed by atoms with Gasteiger partial charge in [0.1, 0.15) is 5.75 Å². The van der Waals surface area contributed by atoms with Crippen LogP contribution in [0.3, 0.4) is 0 Å². The molecule has 1 unspecified atom stereocenters. The lowest BCUT2D eigenvalue weighted by Gasteiger charge is -2.43. The summed E-state index contributed by atoms with van der Waals surface area (Å²) in [5.74, 6) is 1.48. The Hall–Kier alpha value is -1.94. The fourth-order valence-electron chi connectivity index (χ4n) is 3.48. The van der Waals surface area contributed by atoms with Gasteiger partial charge in [0.15, 0.2) is 6.10 Å². The maximum atomic E-state index is 12.6. The van der Waals surface area contributed by atoms with Crippen LogP contribution in [0.2, 0.25) is 0 Å². The van der Waals surface area contributed by atoms with E-state index in [2.05, 4.69) is 29.6 Å². The number of nitrogens with one attached hydrogen (secondary N) is 1. The van der Waals surface area contributed by atoms with Gasteiger partial charge in [0.05, 0.1) is 0 Å². The summed E-state index contributed by atoms with van der Waals surface area (Å²) >= 11 is 1.69. The summed E-state index contributed by atoms with van der Waals surface area (Å²) in [6, 6.07) is 18.5. The van der Waals surface area contributed by atoms with Gasteiger partial charge in [-0.1, -0.05) is 48.9 Å². The Morgan fingerprint density at radius 1 is 1.12 bits per heavy atom. The second-order valence-corrected chi connectivity index (χ2v) is 7.64. The van der Waals surface area contributed by atoms with E-state index in [-0.39, 0.29) is 11.3 Å². The highest BCUT2D eigenvalue weighted by molar-refractivity contribution is 7.99. The SMILES string of the molecule is O=C(NCC1(c2ccccc2)CCC1)C1CSc2ccccc2O1. The Morgan fingerprint density at radius 3 is 2.62 bits per heavy atom. The van der Waals surface area contributed by atoms with Crippen molar-refractivity contribution in [2.75, 3.05) is 12.3 Å². The summed E-state index contributed by atoms with van der Waals surface area (Å²) < 4.78 is 5.88. The Bertz CT molecular complexity index is 727. The summed E-state index contributed by atoms with van der Waals surface area (Å²) in [5, 5.41) is 3.15. The molecule has 4 rings (SSSR count). The van der Waals surface area contributed by atoms with Crippen LogP contribution in [0.25, 0.3) is 0 Å². The molecular weight excluding hydrogens is 318 g/mol. The molecular formula is C20H21NO2S. The quantitative estimate of drug-likeness (QED) is 0.921. The Balaban J connectivity index is 1.40. The van der Waals surface area contributed by atoms with Crippen LogP contribution >= 0.6 is 11.8 Å². The Kier molecular flexibility index (Phi) is 4.23. The van der Waals surface area contributed by atoms with Crippen LogP contribution in [-0.2, 0) is 10.2 Å². The number of carbonyl (C=O) groups excluding carboxylic acids is 1. The molecule has 0 saturated heterocycles. The number of para-hydroxylation sites is 1. The van der Waals surface area contributed by atoms with Crippen molar-refractivity contribution in [3.8, 4) is 5.75 Å². The summed E-state index contributed by atoms with van der Waals surface area (Å²) in [6.07, 6.45) is 3.10. The average molecular weight is 339 g/mol. The molecule has 2 aliphatic rings. The molecule has 0 radical (unpaired) electrons. The van der Waals surface area contributed by atoms with Crippen molar-refractivity contribution >= 4 is 17.7 Å². The summed E-state index contributed by atoms with van der Waals surface area (Å²) in [4.78, 5) is 13.7. The monoisotopic (exact) mass is 339 g/mol. The molecule has 3 nitrogen and oxygen atoms in total. The number of amides is 1. The molecule has 1 atom stereocenters. The minimum Gasteiger partial charge on any atom is -0.479 e. The zero-order valence-corrected chi connectivity index (χ0v) is 14.4. The normalized spacial score (nSPS) is 21.1. The largest absolute Gasteiger partial charge is 0.479 e. The topological polar surface area (TPSA) is 38.3 Å². The van der Waals surface area contributed by atoms with Gasteiger partial charge in [-0.15, -0.1) is 11.8 Å². The third-order valence-corrected chi connectivity index (χ3v) is 6.22. The van der Waals surface area contributed by atoms with E-state index in [4.69, 9.17) is 4.74 Å². The fraction of sp³-hybridized carbons (Fsp3) is 0.350. The highest BCUT2D eigenvalue weighted by atomic mass is 32.2. The summed E-state index contributed by atoms with van der Waals surface area (Å²) in [5.41, 5.74) is 1.44. The maximum Gasteiger partial charge on any atom is 0.261 e. The first-order valence-corrected chi connectivity index (χ1v) is 9.47. The lowest BCUT2D eigenvalue weighted by Crippen LogP contribution is -2.49. The first kappa shape index (κ1) is 15.6. The highest BCUT2D eigenvalue weighted by Crippen LogP contribution is 2.43. The van der Waals surface area contributed by atoms with Gasteiger partial charge in [-0.2, -0.15) is 0 Å². The first-order valence-electron chi connectivity index (χ1n) is 8.49. The fourth-order valence-corrected chi connectivity index (χ4v) is 4.47. The lowest BCUT2D eigenvalue weighted by molar-refractivity contribution is -0.127. The van der Waals surface area contributed by atoms with Gasteiger partial charge in [0.25, 0.3) is 5.91 Å². The minimum absolute atomic E-state index is 0.000732. The standard InChI is InChI=1S/C20H21NO2S/c22-19(17-13-24-18-10-5-4-9-16(18)23-17)21-14-20(11-6-12-20)15-7-2-1-3-8-15/h1-5,7-10,17H,6,11-14H2,(H,21,22). The van der Waals surface area contributed by atoms with Crippen LogP contribution in [0.1, 0.15) is 24.8 Å². The second kappa shape index (κ2) is 6.52. The van der Waals surface area contributed by atoms with Crippen LogP contribution in [0.15, 0.2) is 59.5 Å². The molecule has 124 valence electrons. The molecule has 1 aliphatic heterocycles. The number of fused-ring (bicyclic) bond motifs is 1. The Labute approximate surface area is 146 Å². The predicted octanol–water partition coefficient (Wildman–Crippen LogP) is 3.78. The van der Waals surface area contributed by atoms with Crippen molar-refractivity contribution in [1.29, 1.82) is 0 Å². The van der Waals surface area contributed by atoms with Crippen LogP contribution in [0.4, 0.5) is 0 Å². The number of ether oxygens (including phenoxy) is 1. The minimum atomic E-state index is -0.405. The van der Waals surface area contributed by atoms with Crippen LogP contribution in [0, 0.1) is 0 Å². The molecule has 2 aromatic rings. The molecule has 2 aromatic carbocycles. The lowest BCUT2D eigenvalue weighted by atomic mass is 9.64. The number of carbonyl (C=O) groups is 1. The van der Waals surface area contributed by atoms with E-state index in [1.807, 2.05) is 30.3 Å². The van der Waals surface area contributed by atoms with E-state index < -0.39 is 6.10 Å².